The standard InChI is InChI=1S/C25H27ClN8O3S/c1-37-22-13-16(34-11-9-27-10-12-34)3-4-20(22)32-25-30-14-18(26)24(33-25)31-19-5-6-21-23(29-8-7-28-21)17(19)15-38(2,35)36/h3-8,13-14,27H,9-12,15H2,1-2H3,(H2,30,31,32,33). The number of hydrogen-bond donors (Lipinski definition) is 3. The molecule has 11 nitrogen and oxygen atoms in total. The van der Waals surface area contributed by atoms with E-state index in [1.165, 1.54) is 18.6 Å². The van der Waals surface area contributed by atoms with Gasteiger partial charge in [0.1, 0.15) is 10.8 Å². The second-order valence-electron chi connectivity index (χ2n) is 8.85. The minimum atomic E-state index is -3.37. The van der Waals surface area contributed by atoms with E-state index >= 15 is 0 Å². The third-order valence-corrected chi connectivity index (χ3v) is 7.15. The minimum Gasteiger partial charge on any atom is -0.494 e. The first-order valence-electron chi connectivity index (χ1n) is 11.9. The maximum Gasteiger partial charge on any atom is 0.229 e. The van der Waals surface area contributed by atoms with Crippen LogP contribution in [0, 0.1) is 0 Å². The van der Waals surface area contributed by atoms with Gasteiger partial charge in [0.05, 0.1) is 35.8 Å². The van der Waals surface area contributed by atoms with Gasteiger partial charge < -0.3 is 25.6 Å². The lowest BCUT2D eigenvalue weighted by molar-refractivity contribution is 0.416. The molecule has 0 spiro atoms. The molecule has 1 aliphatic heterocycles. The summed E-state index contributed by atoms with van der Waals surface area (Å²) in [6.45, 7) is 3.72. The normalized spacial score (nSPS) is 13.9. The summed E-state index contributed by atoms with van der Waals surface area (Å²) in [4.78, 5) is 19.8. The lowest BCUT2D eigenvalue weighted by atomic mass is 10.1. The maximum absolute atomic E-state index is 12.2. The monoisotopic (exact) mass is 554 g/mol. The van der Waals surface area contributed by atoms with E-state index in [2.05, 4.69) is 40.8 Å². The number of sulfone groups is 1. The molecule has 198 valence electrons. The molecular formula is C25H27ClN8O3S. The van der Waals surface area contributed by atoms with Crippen molar-refractivity contribution in [2.75, 3.05) is 55.1 Å². The number of ether oxygens (including phenoxy) is 1. The summed E-state index contributed by atoms with van der Waals surface area (Å²) in [5.74, 6) is 1.02. The number of nitrogens with zero attached hydrogens (tertiary/aromatic N) is 5. The highest BCUT2D eigenvalue weighted by Gasteiger charge is 2.18. The van der Waals surface area contributed by atoms with Gasteiger partial charge in [0, 0.05) is 67.8 Å². The Labute approximate surface area is 225 Å². The number of rotatable bonds is 8. The molecule has 0 bridgehead atoms. The molecule has 1 fully saturated rings. The molecule has 2 aromatic heterocycles. The highest BCUT2D eigenvalue weighted by Crippen LogP contribution is 2.34. The summed E-state index contributed by atoms with van der Waals surface area (Å²) < 4.78 is 30.0. The summed E-state index contributed by atoms with van der Waals surface area (Å²) in [6, 6.07) is 9.43. The fourth-order valence-electron chi connectivity index (χ4n) is 4.29. The van der Waals surface area contributed by atoms with Gasteiger partial charge in [-0.2, -0.15) is 4.98 Å². The van der Waals surface area contributed by atoms with E-state index in [1.54, 1.807) is 25.4 Å². The number of nitrogens with one attached hydrogen (secondary N) is 3. The first kappa shape index (κ1) is 25.9. The van der Waals surface area contributed by atoms with Crippen LogP contribution in [0.3, 0.4) is 0 Å². The van der Waals surface area contributed by atoms with Gasteiger partial charge in [0.2, 0.25) is 5.95 Å². The predicted octanol–water partition coefficient (Wildman–Crippen LogP) is 3.52. The fraction of sp³-hybridized carbons (Fsp3) is 0.280. The van der Waals surface area contributed by atoms with E-state index in [9.17, 15) is 8.42 Å². The van der Waals surface area contributed by atoms with Crippen LogP contribution in [0.1, 0.15) is 5.56 Å². The van der Waals surface area contributed by atoms with E-state index in [0.29, 0.717) is 39.5 Å². The molecule has 0 amide bonds. The number of anilines is 5. The minimum absolute atomic E-state index is 0.226. The number of piperazine rings is 1. The molecule has 5 rings (SSSR count). The number of methoxy groups -OCH3 is 1. The number of hydrogen-bond acceptors (Lipinski definition) is 11. The van der Waals surface area contributed by atoms with Crippen LogP contribution in [0.2, 0.25) is 5.02 Å². The Hall–Kier alpha value is -3.74. The quantitative estimate of drug-likeness (QED) is 0.295. The molecule has 2 aromatic carbocycles. The van der Waals surface area contributed by atoms with Crippen molar-refractivity contribution in [3.63, 3.8) is 0 Å². The van der Waals surface area contributed by atoms with Crippen molar-refractivity contribution in [2.45, 2.75) is 5.75 Å². The van der Waals surface area contributed by atoms with E-state index in [1.807, 2.05) is 18.2 Å². The molecule has 4 aromatic rings. The van der Waals surface area contributed by atoms with Gasteiger partial charge in [0.25, 0.3) is 0 Å². The summed E-state index contributed by atoms with van der Waals surface area (Å²) in [5.41, 5.74) is 3.83. The number of halogens is 1. The third-order valence-electron chi connectivity index (χ3n) is 6.06. The van der Waals surface area contributed by atoms with Crippen LogP contribution in [0.25, 0.3) is 11.0 Å². The molecule has 0 radical (unpaired) electrons. The van der Waals surface area contributed by atoms with Gasteiger partial charge in [-0.15, -0.1) is 0 Å². The maximum atomic E-state index is 12.2. The fourth-order valence-corrected chi connectivity index (χ4v) is 5.24. The summed E-state index contributed by atoms with van der Waals surface area (Å²) in [7, 11) is -1.75. The molecule has 1 aliphatic rings. The van der Waals surface area contributed by atoms with Crippen LogP contribution in [0.5, 0.6) is 5.75 Å². The topological polar surface area (TPSA) is 134 Å². The van der Waals surface area contributed by atoms with E-state index in [4.69, 9.17) is 16.3 Å². The van der Waals surface area contributed by atoms with Crippen molar-refractivity contribution >= 4 is 61.3 Å². The highest BCUT2D eigenvalue weighted by molar-refractivity contribution is 7.89. The van der Waals surface area contributed by atoms with Crippen LogP contribution >= 0.6 is 11.6 Å². The lowest BCUT2D eigenvalue weighted by Crippen LogP contribution is -2.43. The van der Waals surface area contributed by atoms with Crippen LogP contribution in [-0.2, 0) is 15.6 Å². The average molecular weight is 555 g/mol. The Morgan fingerprint density at radius 3 is 2.58 bits per heavy atom. The Morgan fingerprint density at radius 2 is 1.82 bits per heavy atom. The lowest BCUT2D eigenvalue weighted by Gasteiger charge is -2.30. The Balaban J connectivity index is 1.44. The largest absolute Gasteiger partial charge is 0.494 e. The van der Waals surface area contributed by atoms with Crippen LogP contribution < -0.4 is 25.6 Å². The Kier molecular flexibility index (Phi) is 7.45. The molecule has 0 saturated carbocycles. The molecule has 13 heteroatoms. The molecular weight excluding hydrogens is 528 g/mol. The molecule has 0 atom stereocenters. The molecule has 3 heterocycles. The third kappa shape index (κ3) is 5.87. The predicted molar refractivity (Wildman–Crippen MR) is 150 cm³/mol. The van der Waals surface area contributed by atoms with Crippen molar-refractivity contribution in [3.05, 3.63) is 59.5 Å². The van der Waals surface area contributed by atoms with Gasteiger partial charge in [-0.1, -0.05) is 11.6 Å². The van der Waals surface area contributed by atoms with Crippen LogP contribution in [0.4, 0.5) is 28.8 Å². The molecule has 0 aliphatic carbocycles. The van der Waals surface area contributed by atoms with E-state index in [0.717, 1.165) is 31.9 Å². The Morgan fingerprint density at radius 1 is 1.05 bits per heavy atom. The zero-order chi connectivity index (χ0) is 26.7. The molecule has 38 heavy (non-hydrogen) atoms. The second kappa shape index (κ2) is 10.9. The van der Waals surface area contributed by atoms with Gasteiger partial charge in [-0.05, 0) is 24.3 Å². The van der Waals surface area contributed by atoms with Gasteiger partial charge >= 0.3 is 0 Å². The summed E-state index contributed by atoms with van der Waals surface area (Å²) in [5, 5.41) is 9.98. The number of fused-ring (bicyclic) bond motifs is 1. The average Bonchev–Trinajstić information content (AvgIpc) is 2.92. The summed E-state index contributed by atoms with van der Waals surface area (Å²) in [6.07, 6.45) is 5.73. The van der Waals surface area contributed by atoms with Gasteiger partial charge in [-0.25, -0.2) is 13.4 Å². The first-order chi connectivity index (χ1) is 18.3. The number of benzene rings is 2. The van der Waals surface area contributed by atoms with Crippen molar-refractivity contribution in [3.8, 4) is 5.75 Å². The molecule has 3 N–H and O–H groups in total. The molecule has 1 saturated heterocycles. The smallest absolute Gasteiger partial charge is 0.229 e. The zero-order valence-corrected chi connectivity index (χ0v) is 22.5. The Bertz CT molecular complexity index is 1580. The van der Waals surface area contributed by atoms with Gasteiger partial charge in [0.15, 0.2) is 15.7 Å². The van der Waals surface area contributed by atoms with Crippen LogP contribution in [-0.4, -0.2) is 67.9 Å². The summed E-state index contributed by atoms with van der Waals surface area (Å²) >= 11 is 6.42. The number of aromatic nitrogens is 4. The van der Waals surface area contributed by atoms with Crippen LogP contribution in [0.15, 0.2) is 48.9 Å². The van der Waals surface area contributed by atoms with E-state index in [-0.39, 0.29) is 16.7 Å². The first-order valence-corrected chi connectivity index (χ1v) is 14.4. The van der Waals surface area contributed by atoms with Crippen molar-refractivity contribution in [1.82, 2.24) is 25.3 Å². The second-order valence-corrected chi connectivity index (χ2v) is 11.4. The van der Waals surface area contributed by atoms with E-state index < -0.39 is 9.84 Å². The SMILES string of the molecule is COc1cc(N2CCNCC2)ccc1Nc1ncc(Cl)c(Nc2ccc3nccnc3c2CS(C)(=O)=O)n1. The van der Waals surface area contributed by atoms with Crippen molar-refractivity contribution in [2.24, 2.45) is 0 Å². The van der Waals surface area contributed by atoms with Crippen molar-refractivity contribution < 1.29 is 13.2 Å². The van der Waals surface area contributed by atoms with Gasteiger partial charge in [-0.3, -0.25) is 9.97 Å². The van der Waals surface area contributed by atoms with Crippen molar-refractivity contribution in [1.29, 1.82) is 0 Å². The zero-order valence-electron chi connectivity index (χ0n) is 20.9. The highest BCUT2D eigenvalue weighted by atomic mass is 35.5. The molecule has 0 unspecified atom stereocenters.